The van der Waals surface area contributed by atoms with Crippen LogP contribution in [0.4, 0.5) is 4.39 Å². The Bertz CT molecular complexity index is 1150. The highest BCUT2D eigenvalue weighted by molar-refractivity contribution is 5.83. The molecule has 4 rings (SSSR count). The van der Waals surface area contributed by atoms with Crippen LogP contribution in [0, 0.1) is 12.7 Å². The fourth-order valence-electron chi connectivity index (χ4n) is 3.78. The second kappa shape index (κ2) is 8.30. The maximum absolute atomic E-state index is 14.1. The lowest BCUT2D eigenvalue weighted by atomic mass is 10.0. The van der Waals surface area contributed by atoms with Crippen LogP contribution >= 0.6 is 0 Å². The summed E-state index contributed by atoms with van der Waals surface area (Å²) in [5, 5.41) is 0.822. The molecule has 1 amide bonds. The number of carbonyl (C=O) groups is 1. The van der Waals surface area contributed by atoms with Crippen molar-refractivity contribution in [1.82, 2.24) is 4.90 Å². The normalized spacial score (nSPS) is 13.4. The largest absolute Gasteiger partial charge is 0.497 e. The van der Waals surface area contributed by atoms with Gasteiger partial charge in [-0.25, -0.2) is 9.18 Å². The van der Waals surface area contributed by atoms with Crippen LogP contribution in [0.5, 0.6) is 5.75 Å². The SMILES string of the molecule is COc1ccc2c(C)c(CCC(=O)N(Cc3ccccc3F)C3CC3)c(=O)oc2c1. The third-order valence-electron chi connectivity index (χ3n) is 5.69. The van der Waals surface area contributed by atoms with Gasteiger partial charge in [-0.15, -0.1) is 0 Å². The Morgan fingerprint density at radius 1 is 1.23 bits per heavy atom. The molecule has 0 N–H and O–H groups in total. The van der Waals surface area contributed by atoms with Gasteiger partial charge in [0.05, 0.1) is 7.11 Å². The van der Waals surface area contributed by atoms with Crippen molar-refractivity contribution < 1.29 is 18.3 Å². The molecule has 0 saturated heterocycles. The number of amides is 1. The summed E-state index contributed by atoms with van der Waals surface area (Å²) in [5.41, 5.74) is 1.85. The minimum atomic E-state index is -0.437. The number of hydrogen-bond acceptors (Lipinski definition) is 4. The molecular formula is C24H24FNO4. The van der Waals surface area contributed by atoms with Crippen LogP contribution in [0.3, 0.4) is 0 Å². The Labute approximate surface area is 174 Å². The number of fused-ring (bicyclic) bond motifs is 1. The Hall–Kier alpha value is -3.15. The van der Waals surface area contributed by atoms with E-state index in [4.69, 9.17) is 9.15 Å². The lowest BCUT2D eigenvalue weighted by Gasteiger charge is -2.23. The maximum atomic E-state index is 14.1. The number of methoxy groups -OCH3 is 1. The minimum Gasteiger partial charge on any atom is -0.497 e. The first-order chi connectivity index (χ1) is 14.5. The summed E-state index contributed by atoms with van der Waals surface area (Å²) in [5.74, 6) is 0.230. The van der Waals surface area contributed by atoms with Crippen molar-refractivity contribution in [2.75, 3.05) is 7.11 Å². The highest BCUT2D eigenvalue weighted by Gasteiger charge is 2.32. The molecule has 1 saturated carbocycles. The smallest absolute Gasteiger partial charge is 0.339 e. The molecule has 3 aromatic rings. The zero-order valence-electron chi connectivity index (χ0n) is 17.1. The fourth-order valence-corrected chi connectivity index (χ4v) is 3.78. The van der Waals surface area contributed by atoms with E-state index in [-0.39, 0.29) is 37.2 Å². The summed E-state index contributed by atoms with van der Waals surface area (Å²) in [6, 6.07) is 12.0. The molecular weight excluding hydrogens is 385 g/mol. The summed E-state index contributed by atoms with van der Waals surface area (Å²) < 4.78 is 24.7. The zero-order chi connectivity index (χ0) is 21.3. The van der Waals surface area contributed by atoms with Crippen molar-refractivity contribution in [1.29, 1.82) is 0 Å². The maximum Gasteiger partial charge on any atom is 0.339 e. The fraction of sp³-hybridized carbons (Fsp3) is 0.333. The van der Waals surface area contributed by atoms with Gasteiger partial charge in [0.1, 0.15) is 17.1 Å². The zero-order valence-corrected chi connectivity index (χ0v) is 17.1. The van der Waals surface area contributed by atoms with Gasteiger partial charge in [0.2, 0.25) is 5.91 Å². The lowest BCUT2D eigenvalue weighted by molar-refractivity contribution is -0.132. The topological polar surface area (TPSA) is 59.8 Å². The molecule has 0 spiro atoms. The number of nitrogens with zero attached hydrogens (tertiary/aromatic N) is 1. The Morgan fingerprint density at radius 2 is 2.00 bits per heavy atom. The molecule has 6 heteroatoms. The number of rotatable bonds is 7. The van der Waals surface area contributed by atoms with Crippen LogP contribution in [0.25, 0.3) is 11.0 Å². The second-order valence-electron chi connectivity index (χ2n) is 7.70. The summed E-state index contributed by atoms with van der Waals surface area (Å²) in [6.45, 7) is 2.12. The summed E-state index contributed by atoms with van der Waals surface area (Å²) in [4.78, 5) is 27.2. The monoisotopic (exact) mass is 409 g/mol. The van der Waals surface area contributed by atoms with E-state index in [1.807, 2.05) is 19.1 Å². The van der Waals surface area contributed by atoms with E-state index in [0.29, 0.717) is 22.5 Å². The predicted molar refractivity (Wildman–Crippen MR) is 112 cm³/mol. The average Bonchev–Trinajstić information content (AvgIpc) is 3.57. The van der Waals surface area contributed by atoms with Gasteiger partial charge in [-0.2, -0.15) is 0 Å². The molecule has 30 heavy (non-hydrogen) atoms. The Morgan fingerprint density at radius 3 is 2.70 bits per heavy atom. The number of benzene rings is 2. The van der Waals surface area contributed by atoms with Crippen molar-refractivity contribution in [3.63, 3.8) is 0 Å². The first-order valence-corrected chi connectivity index (χ1v) is 10.1. The third kappa shape index (κ3) is 4.08. The van der Waals surface area contributed by atoms with Gasteiger partial charge in [-0.1, -0.05) is 18.2 Å². The van der Waals surface area contributed by atoms with Crippen LogP contribution in [-0.2, 0) is 17.8 Å². The van der Waals surface area contributed by atoms with Crippen molar-refractivity contribution >= 4 is 16.9 Å². The lowest BCUT2D eigenvalue weighted by Crippen LogP contribution is -2.33. The predicted octanol–water partition coefficient (Wildman–Crippen LogP) is 4.37. The van der Waals surface area contributed by atoms with Crippen LogP contribution in [0.1, 0.15) is 36.0 Å². The first-order valence-electron chi connectivity index (χ1n) is 10.1. The quantitative estimate of drug-likeness (QED) is 0.544. The van der Waals surface area contributed by atoms with E-state index in [0.717, 1.165) is 23.8 Å². The van der Waals surface area contributed by atoms with E-state index < -0.39 is 5.63 Å². The second-order valence-corrected chi connectivity index (χ2v) is 7.70. The molecule has 5 nitrogen and oxygen atoms in total. The van der Waals surface area contributed by atoms with Gasteiger partial charge in [-0.3, -0.25) is 4.79 Å². The standard InChI is InChI=1S/C24H24FNO4/c1-15-19-10-9-18(29-2)13-22(19)30-24(28)20(15)11-12-23(27)26(17-7-8-17)14-16-5-3-4-6-21(16)25/h3-6,9-10,13,17H,7-8,11-12,14H2,1-2H3. The van der Waals surface area contributed by atoms with E-state index in [1.165, 1.54) is 6.07 Å². The summed E-state index contributed by atoms with van der Waals surface area (Å²) >= 11 is 0. The first kappa shape index (κ1) is 20.1. The Kier molecular flexibility index (Phi) is 5.57. The van der Waals surface area contributed by atoms with E-state index in [1.54, 1.807) is 36.3 Å². The van der Waals surface area contributed by atoms with Crippen LogP contribution in [0.15, 0.2) is 51.7 Å². The highest BCUT2D eigenvalue weighted by atomic mass is 19.1. The number of ether oxygens (including phenoxy) is 1. The molecule has 0 bridgehead atoms. The van der Waals surface area contributed by atoms with Crippen molar-refractivity contribution in [2.24, 2.45) is 0 Å². The van der Waals surface area contributed by atoms with E-state index in [9.17, 15) is 14.0 Å². The van der Waals surface area contributed by atoms with Gasteiger partial charge < -0.3 is 14.1 Å². The van der Waals surface area contributed by atoms with Crippen molar-refractivity contribution in [3.05, 3.63) is 75.4 Å². The Balaban J connectivity index is 1.53. The molecule has 0 atom stereocenters. The van der Waals surface area contributed by atoms with Crippen LogP contribution in [-0.4, -0.2) is 24.0 Å². The van der Waals surface area contributed by atoms with Gasteiger partial charge in [0.25, 0.3) is 0 Å². The summed E-state index contributed by atoms with van der Waals surface area (Å²) in [7, 11) is 1.55. The average molecular weight is 409 g/mol. The van der Waals surface area contributed by atoms with E-state index >= 15 is 0 Å². The van der Waals surface area contributed by atoms with Gasteiger partial charge in [0.15, 0.2) is 0 Å². The molecule has 1 fully saturated rings. The highest BCUT2D eigenvalue weighted by Crippen LogP contribution is 2.30. The molecule has 1 heterocycles. The van der Waals surface area contributed by atoms with Crippen LogP contribution in [0.2, 0.25) is 0 Å². The van der Waals surface area contributed by atoms with E-state index in [2.05, 4.69) is 0 Å². The molecule has 1 aromatic heterocycles. The molecule has 156 valence electrons. The van der Waals surface area contributed by atoms with Crippen molar-refractivity contribution in [2.45, 2.75) is 45.2 Å². The third-order valence-corrected chi connectivity index (χ3v) is 5.69. The molecule has 0 unspecified atom stereocenters. The van der Waals surface area contributed by atoms with Crippen LogP contribution < -0.4 is 10.4 Å². The number of aryl methyl sites for hydroxylation is 1. The number of halogens is 1. The summed E-state index contributed by atoms with van der Waals surface area (Å²) in [6.07, 6.45) is 2.33. The van der Waals surface area contributed by atoms with Gasteiger partial charge in [0, 0.05) is 41.6 Å². The molecule has 0 aliphatic heterocycles. The number of hydrogen-bond donors (Lipinski definition) is 0. The molecule has 0 radical (unpaired) electrons. The van der Waals surface area contributed by atoms with Gasteiger partial charge >= 0.3 is 5.63 Å². The molecule has 1 aliphatic rings. The molecule has 2 aromatic carbocycles. The van der Waals surface area contributed by atoms with Crippen molar-refractivity contribution in [3.8, 4) is 5.75 Å². The molecule has 1 aliphatic carbocycles. The van der Waals surface area contributed by atoms with Gasteiger partial charge in [-0.05, 0) is 49.9 Å². The number of carbonyl (C=O) groups excluding carboxylic acids is 1. The minimum absolute atomic E-state index is 0.0746.